The standard InChI is InChI=1S/C12H14N2O4/c1-7(18-2)6-14-10-5-8(11(15)16)3-4-9(10)13-12(14)17/h3-5,7H,6H2,1-2H3,(H,13,17)(H,15,16). The highest BCUT2D eigenvalue weighted by atomic mass is 16.5. The number of carbonyl (C=O) groups is 1. The Bertz CT molecular complexity index is 641. The van der Waals surface area contributed by atoms with E-state index >= 15 is 0 Å². The fourth-order valence-electron chi connectivity index (χ4n) is 1.80. The van der Waals surface area contributed by atoms with Gasteiger partial charge in [-0.1, -0.05) is 0 Å². The number of aromatic amines is 1. The van der Waals surface area contributed by atoms with E-state index in [2.05, 4.69) is 4.98 Å². The lowest BCUT2D eigenvalue weighted by molar-refractivity contribution is 0.0697. The molecule has 0 saturated carbocycles. The number of hydrogen-bond donors (Lipinski definition) is 2. The van der Waals surface area contributed by atoms with Crippen LogP contribution in [0.3, 0.4) is 0 Å². The Hall–Kier alpha value is -2.08. The van der Waals surface area contributed by atoms with E-state index < -0.39 is 5.97 Å². The number of fused-ring (bicyclic) bond motifs is 1. The molecule has 0 aliphatic rings. The molecule has 2 N–H and O–H groups in total. The fourth-order valence-corrected chi connectivity index (χ4v) is 1.80. The average Bonchev–Trinajstić information content (AvgIpc) is 2.65. The summed E-state index contributed by atoms with van der Waals surface area (Å²) >= 11 is 0. The second-order valence-electron chi connectivity index (χ2n) is 4.12. The van der Waals surface area contributed by atoms with Crippen molar-refractivity contribution in [3.63, 3.8) is 0 Å². The van der Waals surface area contributed by atoms with Gasteiger partial charge in [0.1, 0.15) is 0 Å². The first-order valence-corrected chi connectivity index (χ1v) is 5.51. The largest absolute Gasteiger partial charge is 0.478 e. The van der Waals surface area contributed by atoms with Crippen molar-refractivity contribution in [3.8, 4) is 0 Å². The number of H-pyrrole nitrogens is 1. The molecule has 0 amide bonds. The first-order chi connectivity index (χ1) is 8.52. The van der Waals surface area contributed by atoms with Gasteiger partial charge >= 0.3 is 11.7 Å². The summed E-state index contributed by atoms with van der Waals surface area (Å²) in [7, 11) is 1.56. The molecule has 0 spiro atoms. The van der Waals surface area contributed by atoms with E-state index in [1.54, 1.807) is 13.2 Å². The Morgan fingerprint density at radius 1 is 1.56 bits per heavy atom. The number of nitrogens with one attached hydrogen (secondary N) is 1. The molecule has 1 aromatic heterocycles. The molecule has 0 radical (unpaired) electrons. The van der Waals surface area contributed by atoms with Gasteiger partial charge in [-0.05, 0) is 25.1 Å². The van der Waals surface area contributed by atoms with Gasteiger partial charge in [0.25, 0.3) is 0 Å². The molecule has 0 aliphatic carbocycles. The van der Waals surface area contributed by atoms with E-state index in [4.69, 9.17) is 9.84 Å². The second kappa shape index (κ2) is 4.66. The minimum atomic E-state index is -1.02. The molecule has 0 aliphatic heterocycles. The van der Waals surface area contributed by atoms with E-state index in [-0.39, 0.29) is 17.4 Å². The molecule has 0 fully saturated rings. The van der Waals surface area contributed by atoms with Gasteiger partial charge in [-0.2, -0.15) is 0 Å². The summed E-state index contributed by atoms with van der Waals surface area (Å²) in [6, 6.07) is 4.54. The number of ether oxygens (including phenoxy) is 1. The van der Waals surface area contributed by atoms with Crippen LogP contribution in [0.15, 0.2) is 23.0 Å². The molecule has 96 valence electrons. The number of aromatic nitrogens is 2. The highest BCUT2D eigenvalue weighted by Crippen LogP contribution is 2.13. The molecule has 0 saturated heterocycles. The maximum absolute atomic E-state index is 11.8. The third-order valence-corrected chi connectivity index (χ3v) is 2.86. The van der Waals surface area contributed by atoms with Crippen LogP contribution in [0, 0.1) is 0 Å². The van der Waals surface area contributed by atoms with E-state index in [0.29, 0.717) is 17.6 Å². The molecule has 6 heteroatoms. The van der Waals surface area contributed by atoms with Crippen LogP contribution in [0.2, 0.25) is 0 Å². The maximum Gasteiger partial charge on any atom is 0.335 e. The van der Waals surface area contributed by atoms with Crippen molar-refractivity contribution < 1.29 is 14.6 Å². The van der Waals surface area contributed by atoms with Crippen molar-refractivity contribution in [1.29, 1.82) is 0 Å². The van der Waals surface area contributed by atoms with Crippen LogP contribution in [-0.4, -0.2) is 33.8 Å². The van der Waals surface area contributed by atoms with Gasteiger partial charge in [0.15, 0.2) is 0 Å². The third-order valence-electron chi connectivity index (χ3n) is 2.86. The molecule has 1 heterocycles. The molecular weight excluding hydrogens is 236 g/mol. The Labute approximate surface area is 103 Å². The van der Waals surface area contributed by atoms with Crippen molar-refractivity contribution >= 4 is 17.0 Å². The topological polar surface area (TPSA) is 84.3 Å². The van der Waals surface area contributed by atoms with Gasteiger partial charge in [-0.25, -0.2) is 9.59 Å². The number of carboxylic acid groups (broad SMARTS) is 1. The number of imidazole rings is 1. The van der Waals surface area contributed by atoms with Crippen molar-refractivity contribution in [1.82, 2.24) is 9.55 Å². The van der Waals surface area contributed by atoms with Crippen LogP contribution < -0.4 is 5.69 Å². The second-order valence-corrected chi connectivity index (χ2v) is 4.12. The van der Waals surface area contributed by atoms with Crippen LogP contribution in [0.4, 0.5) is 0 Å². The number of hydrogen-bond acceptors (Lipinski definition) is 3. The Kier molecular flexibility index (Phi) is 3.20. The smallest absolute Gasteiger partial charge is 0.335 e. The summed E-state index contributed by atoms with van der Waals surface area (Å²) in [5.74, 6) is -1.02. The number of aromatic carboxylic acids is 1. The molecule has 18 heavy (non-hydrogen) atoms. The first kappa shape index (κ1) is 12.4. The highest BCUT2D eigenvalue weighted by Gasteiger charge is 2.12. The predicted molar refractivity (Wildman–Crippen MR) is 66.0 cm³/mol. The van der Waals surface area contributed by atoms with Crippen LogP contribution in [0.1, 0.15) is 17.3 Å². The lowest BCUT2D eigenvalue weighted by atomic mass is 10.2. The molecule has 2 aromatic rings. The zero-order chi connectivity index (χ0) is 13.3. The van der Waals surface area contributed by atoms with E-state index in [1.165, 1.54) is 16.7 Å². The number of carboxylic acids is 1. The number of nitrogens with zero attached hydrogens (tertiary/aromatic N) is 1. The normalized spacial score (nSPS) is 12.8. The Morgan fingerprint density at radius 3 is 2.89 bits per heavy atom. The summed E-state index contributed by atoms with van der Waals surface area (Å²) in [6.07, 6.45) is -0.129. The summed E-state index contributed by atoms with van der Waals surface area (Å²) in [5.41, 5.74) is 1.08. The molecule has 1 aromatic carbocycles. The molecule has 2 rings (SSSR count). The van der Waals surface area contributed by atoms with Gasteiger partial charge < -0.3 is 14.8 Å². The average molecular weight is 250 g/mol. The number of methoxy groups -OCH3 is 1. The third kappa shape index (κ3) is 2.14. The summed E-state index contributed by atoms with van der Waals surface area (Å²) in [4.78, 5) is 25.4. The van der Waals surface area contributed by atoms with Crippen LogP contribution in [0.5, 0.6) is 0 Å². The number of benzene rings is 1. The van der Waals surface area contributed by atoms with E-state index in [0.717, 1.165) is 0 Å². The van der Waals surface area contributed by atoms with Crippen molar-refractivity contribution in [2.24, 2.45) is 0 Å². The van der Waals surface area contributed by atoms with Crippen LogP contribution in [0.25, 0.3) is 11.0 Å². The summed E-state index contributed by atoms with van der Waals surface area (Å²) in [5, 5.41) is 8.95. The van der Waals surface area contributed by atoms with Gasteiger partial charge in [0, 0.05) is 7.11 Å². The van der Waals surface area contributed by atoms with Gasteiger partial charge in [0.2, 0.25) is 0 Å². The van der Waals surface area contributed by atoms with Gasteiger partial charge in [-0.15, -0.1) is 0 Å². The molecule has 1 unspecified atom stereocenters. The first-order valence-electron chi connectivity index (χ1n) is 5.51. The van der Waals surface area contributed by atoms with Crippen LogP contribution in [-0.2, 0) is 11.3 Å². The quantitative estimate of drug-likeness (QED) is 0.849. The lowest BCUT2D eigenvalue weighted by Crippen LogP contribution is -2.24. The summed E-state index contributed by atoms with van der Waals surface area (Å²) < 4.78 is 6.60. The Balaban J connectivity index is 2.57. The molecule has 0 bridgehead atoms. The molecule has 6 nitrogen and oxygen atoms in total. The van der Waals surface area contributed by atoms with Crippen molar-refractivity contribution in [2.75, 3.05) is 7.11 Å². The van der Waals surface area contributed by atoms with E-state index in [9.17, 15) is 9.59 Å². The van der Waals surface area contributed by atoms with Crippen molar-refractivity contribution in [2.45, 2.75) is 19.6 Å². The monoisotopic (exact) mass is 250 g/mol. The molecular formula is C12H14N2O4. The highest BCUT2D eigenvalue weighted by molar-refractivity contribution is 5.92. The van der Waals surface area contributed by atoms with Gasteiger partial charge in [0.05, 0.1) is 29.2 Å². The zero-order valence-corrected chi connectivity index (χ0v) is 10.1. The number of rotatable bonds is 4. The van der Waals surface area contributed by atoms with Gasteiger partial charge in [-0.3, -0.25) is 4.57 Å². The fraction of sp³-hybridized carbons (Fsp3) is 0.333. The maximum atomic E-state index is 11.8. The SMILES string of the molecule is COC(C)Cn1c(=O)[nH]c2ccc(C(=O)O)cc21. The molecule has 1 atom stereocenters. The minimum absolute atomic E-state index is 0.129. The predicted octanol–water partition coefficient (Wildman–Crippen LogP) is 1.06. The minimum Gasteiger partial charge on any atom is -0.478 e. The zero-order valence-electron chi connectivity index (χ0n) is 10.1. The summed E-state index contributed by atoms with van der Waals surface area (Å²) in [6.45, 7) is 2.21. The van der Waals surface area contributed by atoms with E-state index in [1.807, 2.05) is 6.92 Å². The lowest BCUT2D eigenvalue weighted by Gasteiger charge is -2.10. The van der Waals surface area contributed by atoms with Crippen molar-refractivity contribution in [3.05, 3.63) is 34.2 Å². The Morgan fingerprint density at radius 2 is 2.28 bits per heavy atom. The van der Waals surface area contributed by atoms with Crippen LogP contribution >= 0.6 is 0 Å².